The Balaban J connectivity index is 1.30. The summed E-state index contributed by atoms with van der Waals surface area (Å²) in [7, 11) is -3.64. The number of aromatic nitrogens is 1. The van der Waals surface area contributed by atoms with Crippen LogP contribution in [0.15, 0.2) is 59.8 Å². The van der Waals surface area contributed by atoms with Crippen molar-refractivity contribution >= 4 is 15.9 Å². The van der Waals surface area contributed by atoms with Gasteiger partial charge in [-0.2, -0.15) is 4.31 Å². The molecular formula is C27H36N4O3S. The van der Waals surface area contributed by atoms with E-state index in [4.69, 9.17) is 0 Å². The number of pyridine rings is 1. The fourth-order valence-electron chi connectivity index (χ4n) is 6.58. The molecule has 5 rings (SSSR count). The first-order valence-electron chi connectivity index (χ1n) is 13.0. The van der Waals surface area contributed by atoms with Crippen molar-refractivity contribution in [3.8, 4) is 0 Å². The van der Waals surface area contributed by atoms with Crippen LogP contribution in [0.25, 0.3) is 0 Å². The number of sulfonamides is 1. The van der Waals surface area contributed by atoms with Gasteiger partial charge in [0.2, 0.25) is 15.9 Å². The smallest absolute Gasteiger partial charge is 0.244 e. The van der Waals surface area contributed by atoms with E-state index in [1.807, 2.05) is 30.3 Å². The Morgan fingerprint density at radius 2 is 1.86 bits per heavy atom. The highest BCUT2D eigenvalue weighted by Crippen LogP contribution is 2.44. The third-order valence-electron chi connectivity index (χ3n) is 8.10. The second-order valence-electron chi connectivity index (χ2n) is 10.2. The SMILES string of the molecule is O=C(CCC[C@@H]1[C@H]2CCCN3CCC[C@@H](CN1S(=O)(=O)c1cccnc1)[C@@H]23)NCc1ccccc1. The molecule has 0 saturated carbocycles. The highest BCUT2D eigenvalue weighted by Gasteiger charge is 2.51. The monoisotopic (exact) mass is 496 g/mol. The second-order valence-corrected chi connectivity index (χ2v) is 12.1. The van der Waals surface area contributed by atoms with E-state index in [1.165, 1.54) is 6.20 Å². The molecule has 4 heterocycles. The van der Waals surface area contributed by atoms with E-state index in [9.17, 15) is 13.2 Å². The topological polar surface area (TPSA) is 82.6 Å². The molecule has 0 spiro atoms. The van der Waals surface area contributed by atoms with Gasteiger partial charge in [0.1, 0.15) is 4.90 Å². The Kier molecular flexibility index (Phi) is 7.51. The molecule has 3 fully saturated rings. The molecule has 0 bridgehead atoms. The first-order chi connectivity index (χ1) is 17.0. The number of hydrogen-bond donors (Lipinski definition) is 1. The summed E-state index contributed by atoms with van der Waals surface area (Å²) >= 11 is 0. The van der Waals surface area contributed by atoms with Gasteiger partial charge in [-0.05, 0) is 81.1 Å². The molecule has 188 valence electrons. The minimum absolute atomic E-state index is 0.0205. The Morgan fingerprint density at radius 1 is 1.06 bits per heavy atom. The van der Waals surface area contributed by atoms with E-state index in [0.717, 1.165) is 44.3 Å². The molecule has 1 aromatic heterocycles. The van der Waals surface area contributed by atoms with Crippen LogP contribution in [0.1, 0.15) is 50.5 Å². The molecule has 0 aliphatic carbocycles. The van der Waals surface area contributed by atoms with Crippen molar-refractivity contribution in [1.29, 1.82) is 0 Å². The van der Waals surface area contributed by atoms with Crippen molar-refractivity contribution in [3.05, 3.63) is 60.4 Å². The highest BCUT2D eigenvalue weighted by atomic mass is 32.2. The summed E-state index contributed by atoms with van der Waals surface area (Å²) in [6.45, 7) is 3.34. The molecule has 7 nitrogen and oxygen atoms in total. The number of carbonyl (C=O) groups excluding carboxylic acids is 1. The maximum absolute atomic E-state index is 13.8. The lowest BCUT2D eigenvalue weighted by molar-refractivity contribution is -0.121. The number of amides is 1. The zero-order chi connectivity index (χ0) is 24.3. The predicted octanol–water partition coefficient (Wildman–Crippen LogP) is 3.43. The van der Waals surface area contributed by atoms with Crippen molar-refractivity contribution in [2.24, 2.45) is 11.8 Å². The third-order valence-corrected chi connectivity index (χ3v) is 9.98. The summed E-state index contributed by atoms with van der Waals surface area (Å²) in [6.07, 6.45) is 9.27. The van der Waals surface area contributed by atoms with Gasteiger partial charge in [0.25, 0.3) is 0 Å². The normalized spacial score (nSPS) is 27.2. The zero-order valence-corrected chi connectivity index (χ0v) is 21.1. The van der Waals surface area contributed by atoms with Crippen LogP contribution in [0.4, 0.5) is 0 Å². The minimum Gasteiger partial charge on any atom is -0.352 e. The molecular weight excluding hydrogens is 460 g/mol. The number of rotatable bonds is 8. The summed E-state index contributed by atoms with van der Waals surface area (Å²) in [4.78, 5) is 19.5. The van der Waals surface area contributed by atoms with E-state index < -0.39 is 10.0 Å². The van der Waals surface area contributed by atoms with Gasteiger partial charge in [0.15, 0.2) is 0 Å². The van der Waals surface area contributed by atoms with E-state index in [1.54, 1.807) is 22.6 Å². The first kappa shape index (κ1) is 24.4. The van der Waals surface area contributed by atoms with Gasteiger partial charge >= 0.3 is 0 Å². The molecule has 1 N–H and O–H groups in total. The summed E-state index contributed by atoms with van der Waals surface area (Å²) in [5, 5.41) is 3.01. The lowest BCUT2D eigenvalue weighted by Gasteiger charge is -2.57. The Labute approximate surface area is 209 Å². The standard InChI is InChI=1S/C27H36N4O3S/c32-26(29-18-21-8-2-1-3-9-21)14-4-13-25-24-12-7-17-30-16-6-10-22(27(24)30)20-31(25)35(33,34)23-11-5-15-28-19-23/h1-3,5,8-9,11,15,19,22,24-25,27H,4,6-7,10,12-14,16-18,20H2,(H,29,32)/t22-,24+,25+,27-/m0/s1. The fraction of sp³-hybridized carbons (Fsp3) is 0.556. The molecule has 2 aromatic rings. The molecule has 3 aliphatic heterocycles. The van der Waals surface area contributed by atoms with Crippen LogP contribution in [0.3, 0.4) is 0 Å². The molecule has 3 aliphatic rings. The van der Waals surface area contributed by atoms with Gasteiger partial charge < -0.3 is 5.32 Å². The van der Waals surface area contributed by atoms with Crippen molar-refractivity contribution in [3.63, 3.8) is 0 Å². The van der Waals surface area contributed by atoms with E-state index in [0.29, 0.717) is 50.2 Å². The average molecular weight is 497 g/mol. The van der Waals surface area contributed by atoms with Gasteiger partial charge in [-0.25, -0.2) is 8.42 Å². The summed E-state index contributed by atoms with van der Waals surface area (Å²) in [5.41, 5.74) is 1.08. The van der Waals surface area contributed by atoms with Gasteiger partial charge in [-0.15, -0.1) is 0 Å². The van der Waals surface area contributed by atoms with Gasteiger partial charge in [0.05, 0.1) is 0 Å². The van der Waals surface area contributed by atoms with Crippen molar-refractivity contribution in [2.45, 2.75) is 68.5 Å². The molecule has 0 radical (unpaired) electrons. The fourth-order valence-corrected chi connectivity index (χ4v) is 8.30. The van der Waals surface area contributed by atoms with Crippen LogP contribution >= 0.6 is 0 Å². The number of piperidine rings is 3. The molecule has 1 aromatic carbocycles. The highest BCUT2D eigenvalue weighted by molar-refractivity contribution is 7.89. The van der Waals surface area contributed by atoms with E-state index >= 15 is 0 Å². The van der Waals surface area contributed by atoms with Gasteiger partial charge in [0, 0.05) is 44.0 Å². The van der Waals surface area contributed by atoms with Crippen LogP contribution in [-0.4, -0.2) is 60.2 Å². The Hall–Kier alpha value is -2.29. The van der Waals surface area contributed by atoms with Crippen LogP contribution in [0.2, 0.25) is 0 Å². The Bertz CT molecular complexity index is 1090. The van der Waals surface area contributed by atoms with Crippen LogP contribution in [0.5, 0.6) is 0 Å². The van der Waals surface area contributed by atoms with E-state index in [-0.39, 0.29) is 16.8 Å². The lowest BCUT2D eigenvalue weighted by atomic mass is 9.70. The van der Waals surface area contributed by atoms with Gasteiger partial charge in [-0.3, -0.25) is 14.7 Å². The predicted molar refractivity (Wildman–Crippen MR) is 135 cm³/mol. The zero-order valence-electron chi connectivity index (χ0n) is 20.3. The largest absolute Gasteiger partial charge is 0.352 e. The van der Waals surface area contributed by atoms with Crippen molar-refractivity contribution in [2.75, 3.05) is 19.6 Å². The van der Waals surface area contributed by atoms with Crippen LogP contribution in [-0.2, 0) is 21.4 Å². The summed E-state index contributed by atoms with van der Waals surface area (Å²) < 4.78 is 29.3. The number of hydrogen-bond acceptors (Lipinski definition) is 5. The molecule has 8 heteroatoms. The number of benzene rings is 1. The number of carbonyl (C=O) groups is 1. The molecule has 3 saturated heterocycles. The third kappa shape index (κ3) is 5.29. The minimum atomic E-state index is -3.64. The summed E-state index contributed by atoms with van der Waals surface area (Å²) in [6, 6.07) is 13.6. The average Bonchev–Trinajstić information content (AvgIpc) is 2.90. The van der Waals surface area contributed by atoms with Gasteiger partial charge in [-0.1, -0.05) is 30.3 Å². The molecule has 0 unspecified atom stereocenters. The second kappa shape index (κ2) is 10.8. The quantitative estimate of drug-likeness (QED) is 0.606. The van der Waals surface area contributed by atoms with E-state index in [2.05, 4.69) is 15.2 Å². The van der Waals surface area contributed by atoms with Crippen molar-refractivity contribution < 1.29 is 13.2 Å². The lowest BCUT2D eigenvalue weighted by Crippen LogP contribution is -2.65. The molecule has 35 heavy (non-hydrogen) atoms. The number of nitrogens with one attached hydrogen (secondary N) is 1. The molecule has 4 atom stereocenters. The van der Waals surface area contributed by atoms with Crippen molar-refractivity contribution in [1.82, 2.24) is 19.5 Å². The maximum Gasteiger partial charge on any atom is 0.244 e. The van der Waals surface area contributed by atoms with Crippen LogP contribution < -0.4 is 5.32 Å². The van der Waals surface area contributed by atoms with Crippen LogP contribution in [0, 0.1) is 11.8 Å². The number of nitrogens with zero attached hydrogens (tertiary/aromatic N) is 3. The Morgan fingerprint density at radius 3 is 2.63 bits per heavy atom. The maximum atomic E-state index is 13.8. The summed E-state index contributed by atoms with van der Waals surface area (Å²) in [5.74, 6) is 0.722. The molecule has 1 amide bonds. The first-order valence-corrected chi connectivity index (χ1v) is 14.4.